The molecule has 0 aromatic rings. The summed E-state index contributed by atoms with van der Waals surface area (Å²) in [5.41, 5.74) is 0. The number of rotatable bonds is 26. The molecule has 1 saturated carbocycles. The second-order valence-corrected chi connectivity index (χ2v) is 13.3. The van der Waals surface area contributed by atoms with Gasteiger partial charge in [0.2, 0.25) is 0 Å². The molecule has 7 N–H and O–H groups in total. The Balaban J connectivity index is 2.00. The third kappa shape index (κ3) is 18.3. The van der Waals surface area contributed by atoms with E-state index in [-0.39, 0.29) is 6.42 Å². The Bertz CT molecular complexity index is 797. The fourth-order valence-electron chi connectivity index (χ4n) is 5.04. The van der Waals surface area contributed by atoms with E-state index >= 15 is 0 Å². The van der Waals surface area contributed by atoms with Crippen LogP contribution in [0.3, 0.4) is 0 Å². The van der Waals surface area contributed by atoms with Gasteiger partial charge in [-0.15, -0.1) is 0 Å². The van der Waals surface area contributed by atoms with Crippen LogP contribution in [0.1, 0.15) is 122 Å². The molecule has 1 fully saturated rings. The number of hydrogen-bond donors (Lipinski definition) is 7. The number of unbranched alkanes of at least 4 members (excludes halogenated alkanes) is 15. The summed E-state index contributed by atoms with van der Waals surface area (Å²) in [5.74, 6) is -0.511. The van der Waals surface area contributed by atoms with Crippen LogP contribution in [-0.4, -0.2) is 97.4 Å². The summed E-state index contributed by atoms with van der Waals surface area (Å²) < 4.78 is 26.4. The summed E-state index contributed by atoms with van der Waals surface area (Å²) in [6.45, 7) is 0.991. The minimum absolute atomic E-state index is 0.190. The van der Waals surface area contributed by atoms with Crippen LogP contribution < -0.4 is 0 Å². The lowest BCUT2D eigenvalue weighted by Gasteiger charge is -2.41. The molecule has 0 amide bonds. The van der Waals surface area contributed by atoms with Crippen molar-refractivity contribution in [2.24, 2.45) is 0 Å². The average Bonchev–Trinajstić information content (AvgIpc) is 3.00. The molecule has 0 bridgehead atoms. The van der Waals surface area contributed by atoms with E-state index in [0.29, 0.717) is 6.42 Å². The number of hydrogen-bond acceptors (Lipinski definition) is 11. The van der Waals surface area contributed by atoms with Crippen LogP contribution in [0.15, 0.2) is 12.2 Å². The van der Waals surface area contributed by atoms with Crippen molar-refractivity contribution in [3.63, 3.8) is 0 Å². The molecule has 0 aromatic heterocycles. The van der Waals surface area contributed by atoms with Crippen molar-refractivity contribution in [1.29, 1.82) is 0 Å². The molecule has 0 aromatic carbocycles. The predicted molar refractivity (Wildman–Crippen MR) is 166 cm³/mol. The summed E-state index contributed by atoms with van der Waals surface area (Å²) in [6.07, 6.45) is 12.0. The van der Waals surface area contributed by atoms with Gasteiger partial charge in [-0.2, -0.15) is 0 Å². The van der Waals surface area contributed by atoms with Gasteiger partial charge in [-0.3, -0.25) is 13.8 Å². The molecule has 1 rings (SSSR count). The summed E-state index contributed by atoms with van der Waals surface area (Å²) in [7, 11) is -4.99. The molecular formula is C31H59O12P. The molecule has 6 atom stereocenters. The van der Waals surface area contributed by atoms with Crippen molar-refractivity contribution in [2.75, 3.05) is 13.2 Å². The van der Waals surface area contributed by atoms with Gasteiger partial charge in [0.15, 0.2) is 0 Å². The van der Waals surface area contributed by atoms with E-state index in [0.717, 1.165) is 19.3 Å². The zero-order chi connectivity index (χ0) is 32.8. The fraction of sp³-hybridized carbons (Fsp3) is 0.903. The van der Waals surface area contributed by atoms with Crippen LogP contribution in [0, 0.1) is 0 Å². The number of phosphoric ester groups is 1. The molecule has 0 heterocycles. The Morgan fingerprint density at radius 2 is 1.11 bits per heavy atom. The van der Waals surface area contributed by atoms with E-state index in [9.17, 15) is 44.9 Å². The van der Waals surface area contributed by atoms with E-state index in [1.54, 1.807) is 0 Å². The summed E-state index contributed by atoms with van der Waals surface area (Å²) in [5, 5.41) is 58.7. The smallest absolute Gasteiger partial charge is 0.463 e. The molecule has 0 aliphatic heterocycles. The van der Waals surface area contributed by atoms with E-state index in [2.05, 4.69) is 28.1 Å². The largest absolute Gasteiger partial charge is 0.472 e. The lowest BCUT2D eigenvalue weighted by molar-refractivity contribution is -0.220. The number of ether oxygens (including phenoxy) is 1. The summed E-state index contributed by atoms with van der Waals surface area (Å²) in [4.78, 5) is 21.8. The van der Waals surface area contributed by atoms with Gasteiger partial charge in [0.25, 0.3) is 0 Å². The van der Waals surface area contributed by atoms with Crippen LogP contribution in [-0.2, 0) is 23.1 Å². The van der Waals surface area contributed by atoms with E-state index in [4.69, 9.17) is 4.74 Å². The minimum Gasteiger partial charge on any atom is -0.463 e. The quantitative estimate of drug-likeness (QED) is 0.0308. The molecule has 6 unspecified atom stereocenters. The fourth-order valence-corrected chi connectivity index (χ4v) is 6.02. The second kappa shape index (κ2) is 24.3. The number of aliphatic hydroxyl groups excluding tert-OH is 6. The van der Waals surface area contributed by atoms with Gasteiger partial charge in [-0.25, -0.2) is 4.57 Å². The Morgan fingerprint density at radius 3 is 1.61 bits per heavy atom. The van der Waals surface area contributed by atoms with Gasteiger partial charge in [-0.1, -0.05) is 96.1 Å². The number of esters is 1. The number of carbonyl (C=O) groups is 1. The predicted octanol–water partition coefficient (Wildman–Crippen LogP) is 3.81. The van der Waals surface area contributed by atoms with E-state index in [1.807, 2.05) is 0 Å². The highest BCUT2D eigenvalue weighted by Crippen LogP contribution is 2.47. The maximum absolute atomic E-state index is 12.2. The van der Waals surface area contributed by atoms with Gasteiger partial charge in [0.05, 0.1) is 6.61 Å². The van der Waals surface area contributed by atoms with Crippen molar-refractivity contribution < 1.29 is 58.7 Å². The first-order valence-corrected chi connectivity index (χ1v) is 18.0. The van der Waals surface area contributed by atoms with Gasteiger partial charge < -0.3 is 40.3 Å². The highest BCUT2D eigenvalue weighted by molar-refractivity contribution is 7.47. The number of carbonyl (C=O) groups excluding carboxylic acids is 1. The third-order valence-electron chi connectivity index (χ3n) is 7.84. The van der Waals surface area contributed by atoms with Crippen LogP contribution >= 0.6 is 7.82 Å². The zero-order valence-electron chi connectivity index (χ0n) is 26.5. The van der Waals surface area contributed by atoms with Crippen molar-refractivity contribution in [2.45, 2.75) is 165 Å². The van der Waals surface area contributed by atoms with Crippen LogP contribution in [0.4, 0.5) is 0 Å². The molecular weight excluding hydrogens is 595 g/mol. The Hall–Kier alpha value is -0.920. The first-order chi connectivity index (χ1) is 21.0. The summed E-state index contributed by atoms with van der Waals surface area (Å²) in [6, 6.07) is 0. The first kappa shape index (κ1) is 41.1. The monoisotopic (exact) mass is 654 g/mol. The number of allylic oxidation sites excluding steroid dienone is 2. The lowest BCUT2D eigenvalue weighted by Crippen LogP contribution is -2.64. The summed E-state index contributed by atoms with van der Waals surface area (Å²) >= 11 is 0. The SMILES string of the molecule is CCCCCCCC/C=C\CCCCCCCCCCCC(=O)OCC(O)COP(=O)(O)OC1C(O)C(O)C(O)C(O)C1O. The highest BCUT2D eigenvalue weighted by atomic mass is 31.2. The molecule has 1 aliphatic rings. The highest BCUT2D eigenvalue weighted by Gasteiger charge is 2.51. The van der Waals surface area contributed by atoms with Crippen molar-refractivity contribution in [1.82, 2.24) is 0 Å². The van der Waals surface area contributed by atoms with Crippen LogP contribution in [0.25, 0.3) is 0 Å². The van der Waals surface area contributed by atoms with Crippen LogP contribution in [0.2, 0.25) is 0 Å². The van der Waals surface area contributed by atoms with Crippen molar-refractivity contribution >= 4 is 13.8 Å². The van der Waals surface area contributed by atoms with Crippen LogP contribution in [0.5, 0.6) is 0 Å². The molecule has 1 aliphatic carbocycles. The zero-order valence-corrected chi connectivity index (χ0v) is 27.4. The lowest BCUT2D eigenvalue weighted by atomic mass is 9.85. The van der Waals surface area contributed by atoms with E-state index < -0.39 is 69.7 Å². The first-order valence-electron chi connectivity index (χ1n) is 16.5. The maximum Gasteiger partial charge on any atom is 0.472 e. The van der Waals surface area contributed by atoms with Gasteiger partial charge >= 0.3 is 13.8 Å². The maximum atomic E-state index is 12.2. The second-order valence-electron chi connectivity index (χ2n) is 11.9. The Morgan fingerprint density at radius 1 is 0.682 bits per heavy atom. The standard InChI is InChI=1S/C31H59O12P/c1-2-3-4-5-6-7-8-9-10-11-12-13-14-15-16-17-18-19-20-21-25(33)41-22-24(32)23-42-44(39,40)43-31-29(37)27(35)26(34)28(36)30(31)38/h9-10,24,26-32,34-38H,2-8,11-23H2,1H3,(H,39,40)/b10-9-. The average molecular weight is 655 g/mol. The topological polar surface area (TPSA) is 203 Å². The molecule has 0 spiro atoms. The molecule has 13 heteroatoms. The van der Waals surface area contributed by atoms with E-state index in [1.165, 1.54) is 83.5 Å². The van der Waals surface area contributed by atoms with Gasteiger partial charge in [-0.05, 0) is 32.1 Å². The molecule has 0 saturated heterocycles. The Labute approximate surface area is 263 Å². The minimum atomic E-state index is -4.99. The third-order valence-corrected chi connectivity index (χ3v) is 8.82. The number of aliphatic hydroxyl groups is 6. The Kier molecular flexibility index (Phi) is 22.7. The van der Waals surface area contributed by atoms with Gasteiger partial charge in [0, 0.05) is 6.42 Å². The normalized spacial score (nSPS) is 26.1. The molecule has 12 nitrogen and oxygen atoms in total. The molecule has 44 heavy (non-hydrogen) atoms. The molecule has 260 valence electrons. The van der Waals surface area contributed by atoms with Crippen molar-refractivity contribution in [3.05, 3.63) is 12.2 Å². The van der Waals surface area contributed by atoms with Crippen molar-refractivity contribution in [3.8, 4) is 0 Å². The molecule has 0 radical (unpaired) electrons. The van der Waals surface area contributed by atoms with Gasteiger partial charge in [0.1, 0.15) is 49.3 Å². The number of phosphoric acid groups is 1.